The molecule has 0 aliphatic carbocycles. The van der Waals surface area contributed by atoms with Crippen LogP contribution in [0.3, 0.4) is 0 Å². The minimum atomic E-state index is -1.22. The molecule has 1 aliphatic heterocycles. The highest BCUT2D eigenvalue weighted by Gasteiger charge is 2.31. The summed E-state index contributed by atoms with van der Waals surface area (Å²) in [4.78, 5) is 2.69. The molecule has 0 bridgehead atoms. The molecule has 0 spiro atoms. The van der Waals surface area contributed by atoms with Crippen molar-refractivity contribution < 1.29 is 5.11 Å². The number of benzene rings is 2. The molecular weight excluding hydrogens is 290 g/mol. The van der Waals surface area contributed by atoms with E-state index in [-0.39, 0.29) is 12.1 Å². The van der Waals surface area contributed by atoms with Crippen molar-refractivity contribution >= 4 is 10.0 Å². The van der Waals surface area contributed by atoms with Gasteiger partial charge >= 0.3 is 0 Å². The van der Waals surface area contributed by atoms with Crippen LogP contribution in [0, 0.1) is 0 Å². The van der Waals surface area contributed by atoms with Gasteiger partial charge < -0.3 is 10.4 Å². The number of aliphatic hydroxyl groups excluding tert-OH is 1. The maximum absolute atomic E-state index is 10.8. The van der Waals surface area contributed by atoms with Crippen LogP contribution in [-0.4, -0.2) is 35.8 Å². The second-order valence-corrected chi connectivity index (χ2v) is 9.60. The van der Waals surface area contributed by atoms with Gasteiger partial charge in [0, 0.05) is 11.8 Å². The smallest absolute Gasteiger partial charge is 0.0774 e. The molecule has 1 aliphatic rings. The minimum Gasteiger partial charge on any atom is -0.391 e. The van der Waals surface area contributed by atoms with Crippen molar-refractivity contribution in [3.05, 3.63) is 60.7 Å². The van der Waals surface area contributed by atoms with Crippen molar-refractivity contribution in [3.63, 3.8) is 0 Å². The van der Waals surface area contributed by atoms with Crippen molar-refractivity contribution in [1.29, 1.82) is 0 Å². The van der Waals surface area contributed by atoms with E-state index in [0.29, 0.717) is 0 Å². The average molecular weight is 315 g/mol. The van der Waals surface area contributed by atoms with Gasteiger partial charge in [-0.2, -0.15) is 10.0 Å². The Balaban J connectivity index is 1.93. The minimum absolute atomic E-state index is 0.249. The molecule has 2 nitrogen and oxygen atoms in total. The summed E-state index contributed by atoms with van der Waals surface area (Å²) >= 11 is 0. The molecule has 0 saturated carbocycles. The summed E-state index contributed by atoms with van der Waals surface area (Å²) < 4.78 is 0. The van der Waals surface area contributed by atoms with Crippen molar-refractivity contribution in [2.45, 2.75) is 34.8 Å². The quantitative estimate of drug-likeness (QED) is 0.883. The summed E-state index contributed by atoms with van der Waals surface area (Å²) in [5.74, 6) is 0.818. The van der Waals surface area contributed by atoms with Gasteiger partial charge in [0.1, 0.15) is 0 Å². The molecule has 2 aromatic carbocycles. The highest BCUT2D eigenvalue weighted by Crippen LogP contribution is 2.59. The molecule has 1 saturated heterocycles. The normalized spacial score (nSPS) is 20.7. The highest BCUT2D eigenvalue weighted by atomic mass is 32.3. The zero-order chi connectivity index (χ0) is 15.4. The van der Waals surface area contributed by atoms with Crippen LogP contribution in [-0.2, 0) is 0 Å². The van der Waals surface area contributed by atoms with Gasteiger partial charge in [0.25, 0.3) is 0 Å². The molecule has 0 radical (unpaired) electrons. The maximum Gasteiger partial charge on any atom is 0.0774 e. The fraction of sp³-hybridized carbons (Fsp3) is 0.368. The molecule has 3 heteroatoms. The number of hydrogen-bond acceptors (Lipinski definition) is 2. The second kappa shape index (κ2) is 6.86. The van der Waals surface area contributed by atoms with Gasteiger partial charge in [0.15, 0.2) is 0 Å². The number of hydrogen-bond donors (Lipinski definition) is 2. The molecule has 0 amide bonds. The molecule has 3 rings (SSSR count). The second-order valence-electron chi connectivity index (χ2n) is 6.15. The third-order valence-electron chi connectivity index (χ3n) is 4.59. The molecule has 1 heterocycles. The Kier molecular flexibility index (Phi) is 4.87. The zero-order valence-electron chi connectivity index (χ0n) is 13.1. The summed E-state index contributed by atoms with van der Waals surface area (Å²) in [6, 6.07) is 21.6. The SMILES string of the molecule is CS(CC(O)[C@@H]1CCCN1)(c1ccccc1)c1ccccc1. The molecule has 1 unspecified atom stereocenters. The van der Waals surface area contributed by atoms with Crippen molar-refractivity contribution in [3.8, 4) is 0 Å². The zero-order valence-corrected chi connectivity index (χ0v) is 13.9. The van der Waals surface area contributed by atoms with E-state index < -0.39 is 10.0 Å². The average Bonchev–Trinajstić information content (AvgIpc) is 3.11. The topological polar surface area (TPSA) is 32.3 Å². The van der Waals surface area contributed by atoms with E-state index in [1.54, 1.807) is 0 Å². The van der Waals surface area contributed by atoms with Gasteiger partial charge in [-0.3, -0.25) is 0 Å². The molecule has 22 heavy (non-hydrogen) atoms. The lowest BCUT2D eigenvalue weighted by Crippen LogP contribution is -2.38. The Morgan fingerprint density at radius 2 is 1.59 bits per heavy atom. The lowest BCUT2D eigenvalue weighted by atomic mass is 10.1. The molecule has 118 valence electrons. The summed E-state index contributed by atoms with van der Waals surface area (Å²) in [6.45, 7) is 1.03. The number of nitrogens with one attached hydrogen (secondary N) is 1. The van der Waals surface area contributed by atoms with Crippen molar-refractivity contribution in [1.82, 2.24) is 5.32 Å². The lowest BCUT2D eigenvalue weighted by Gasteiger charge is -2.40. The van der Waals surface area contributed by atoms with Crippen molar-refractivity contribution in [2.24, 2.45) is 0 Å². The third kappa shape index (κ3) is 3.22. The van der Waals surface area contributed by atoms with E-state index in [1.807, 2.05) is 0 Å². The van der Waals surface area contributed by atoms with Gasteiger partial charge in [-0.1, -0.05) is 36.4 Å². The third-order valence-corrected chi connectivity index (χ3v) is 8.23. The van der Waals surface area contributed by atoms with E-state index in [4.69, 9.17) is 0 Å². The van der Waals surface area contributed by atoms with Crippen LogP contribution in [0.1, 0.15) is 12.8 Å². The van der Waals surface area contributed by atoms with Gasteiger partial charge in [-0.15, -0.1) is 0 Å². The highest BCUT2D eigenvalue weighted by molar-refractivity contribution is 8.33. The van der Waals surface area contributed by atoms with E-state index in [2.05, 4.69) is 72.2 Å². The first-order chi connectivity index (χ1) is 10.7. The number of rotatable bonds is 5. The standard InChI is InChI=1S/C19H25NOS/c1-22(16-9-4-2-5-10-16,17-11-6-3-7-12-17)15-19(21)18-13-8-14-20-18/h2-7,9-12,18-21H,8,13-15H2,1H3/t18-,19?/m0/s1. The van der Waals surface area contributed by atoms with Gasteiger partial charge in [-0.05, 0) is 59.7 Å². The van der Waals surface area contributed by atoms with E-state index in [9.17, 15) is 5.11 Å². The molecule has 2 aromatic rings. The van der Waals surface area contributed by atoms with Crippen molar-refractivity contribution in [2.75, 3.05) is 18.6 Å². The summed E-state index contributed by atoms with van der Waals surface area (Å²) in [6.07, 6.45) is 4.29. The summed E-state index contributed by atoms with van der Waals surface area (Å²) in [5, 5.41) is 14.2. The van der Waals surface area contributed by atoms with E-state index >= 15 is 0 Å². The van der Waals surface area contributed by atoms with Gasteiger partial charge in [-0.25, -0.2) is 0 Å². The maximum atomic E-state index is 10.8. The van der Waals surface area contributed by atoms with Crippen LogP contribution < -0.4 is 5.32 Å². The van der Waals surface area contributed by atoms with E-state index in [1.165, 1.54) is 16.2 Å². The monoisotopic (exact) mass is 315 g/mol. The summed E-state index contributed by atoms with van der Waals surface area (Å²) in [7, 11) is -1.22. The fourth-order valence-corrected chi connectivity index (χ4v) is 6.36. The number of aliphatic hydroxyl groups is 1. The van der Waals surface area contributed by atoms with Crippen LogP contribution >= 0.6 is 10.0 Å². The molecular formula is C19H25NOS. The molecule has 0 aromatic heterocycles. The Morgan fingerprint density at radius 3 is 2.05 bits per heavy atom. The van der Waals surface area contributed by atoms with Gasteiger partial charge in [0.05, 0.1) is 6.10 Å². The largest absolute Gasteiger partial charge is 0.391 e. The first-order valence-corrected chi connectivity index (χ1v) is 10.2. The lowest BCUT2D eigenvalue weighted by molar-refractivity contribution is 0.158. The van der Waals surface area contributed by atoms with Crippen LogP contribution in [0.2, 0.25) is 0 Å². The summed E-state index contributed by atoms with van der Waals surface area (Å²) in [5.41, 5.74) is 0. The Hall–Kier alpha value is -1.29. The predicted octanol–water partition coefficient (Wildman–Crippen LogP) is 3.65. The first kappa shape index (κ1) is 15.6. The Bertz CT molecular complexity index is 541. The van der Waals surface area contributed by atoms with Gasteiger partial charge in [0.2, 0.25) is 0 Å². The predicted molar refractivity (Wildman–Crippen MR) is 94.8 cm³/mol. The first-order valence-electron chi connectivity index (χ1n) is 7.98. The van der Waals surface area contributed by atoms with Crippen LogP contribution in [0.15, 0.2) is 70.5 Å². The fourth-order valence-electron chi connectivity index (χ4n) is 3.27. The van der Waals surface area contributed by atoms with Crippen LogP contribution in [0.5, 0.6) is 0 Å². The van der Waals surface area contributed by atoms with Crippen LogP contribution in [0.4, 0.5) is 0 Å². The van der Waals surface area contributed by atoms with E-state index in [0.717, 1.165) is 18.7 Å². The molecule has 1 fully saturated rings. The Labute approximate surface area is 134 Å². The molecule has 2 atom stereocenters. The molecule has 2 N–H and O–H groups in total. The Morgan fingerprint density at radius 1 is 1.05 bits per heavy atom. The van der Waals surface area contributed by atoms with Crippen LogP contribution in [0.25, 0.3) is 0 Å².